The molecule has 1 aromatic heterocycles. The van der Waals surface area contributed by atoms with Gasteiger partial charge < -0.3 is 24.8 Å². The van der Waals surface area contributed by atoms with Crippen LogP contribution in [0.4, 0.5) is 0 Å². The maximum absolute atomic E-state index is 11.7. The Bertz CT molecular complexity index is 415. The number of nitrogens with one attached hydrogen (secondary N) is 1. The number of carboxylic acids is 1. The number of aliphatic hydroxyl groups excluding tert-OH is 1. The number of nitrogens with zero attached hydrogens (tertiary/aromatic N) is 1. The Labute approximate surface area is 104 Å². The van der Waals surface area contributed by atoms with Crippen molar-refractivity contribution in [1.82, 2.24) is 9.88 Å². The number of carbonyl (C=O) groups is 2. The van der Waals surface area contributed by atoms with Crippen molar-refractivity contribution in [2.75, 3.05) is 20.3 Å². The molecular weight excluding hydrogens is 240 g/mol. The minimum atomic E-state index is -1.60. The molecule has 0 bridgehead atoms. The molecule has 0 spiro atoms. The minimum absolute atomic E-state index is 0.330. The zero-order chi connectivity index (χ0) is 13.5. The van der Waals surface area contributed by atoms with Crippen molar-refractivity contribution in [3.8, 4) is 0 Å². The highest BCUT2D eigenvalue weighted by atomic mass is 16.5. The highest BCUT2D eigenvalue weighted by molar-refractivity contribution is 5.93. The van der Waals surface area contributed by atoms with Gasteiger partial charge in [0.05, 0.1) is 13.2 Å². The van der Waals surface area contributed by atoms with Gasteiger partial charge in [-0.05, 0) is 12.1 Å². The van der Waals surface area contributed by atoms with Crippen molar-refractivity contribution in [1.29, 1.82) is 0 Å². The van der Waals surface area contributed by atoms with Gasteiger partial charge in [-0.1, -0.05) is 0 Å². The molecule has 1 unspecified atom stereocenters. The zero-order valence-electron chi connectivity index (χ0n) is 10.00. The molecule has 3 N–H and O–H groups in total. The fraction of sp³-hybridized carbons (Fsp3) is 0.455. The van der Waals surface area contributed by atoms with Crippen molar-refractivity contribution in [2.24, 2.45) is 0 Å². The summed E-state index contributed by atoms with van der Waals surface area (Å²) in [4.78, 5) is 22.1. The van der Waals surface area contributed by atoms with Crippen LogP contribution in [0.15, 0.2) is 18.3 Å². The van der Waals surface area contributed by atoms with E-state index >= 15 is 0 Å². The zero-order valence-corrected chi connectivity index (χ0v) is 10.00. The third kappa shape index (κ3) is 3.86. The van der Waals surface area contributed by atoms with Gasteiger partial charge in [0.25, 0.3) is 5.91 Å². The molecule has 18 heavy (non-hydrogen) atoms. The summed E-state index contributed by atoms with van der Waals surface area (Å²) in [5.74, 6) is -1.80. The smallest absolute Gasteiger partial charge is 0.334 e. The average molecular weight is 256 g/mol. The van der Waals surface area contributed by atoms with Crippen LogP contribution in [0.25, 0.3) is 0 Å². The first kappa shape index (κ1) is 14.2. The molecule has 1 aromatic rings. The van der Waals surface area contributed by atoms with Gasteiger partial charge in [-0.3, -0.25) is 4.79 Å². The lowest BCUT2D eigenvalue weighted by molar-refractivity contribution is -0.146. The molecule has 0 saturated carbocycles. The normalized spacial score (nSPS) is 12.1. The molecule has 0 aliphatic rings. The van der Waals surface area contributed by atoms with Crippen LogP contribution < -0.4 is 5.32 Å². The summed E-state index contributed by atoms with van der Waals surface area (Å²) in [7, 11) is 1.56. The molecule has 0 aromatic carbocycles. The van der Waals surface area contributed by atoms with Gasteiger partial charge in [0.2, 0.25) is 0 Å². The minimum Gasteiger partial charge on any atom is -0.479 e. The monoisotopic (exact) mass is 256 g/mol. The lowest BCUT2D eigenvalue weighted by Crippen LogP contribution is -2.37. The van der Waals surface area contributed by atoms with E-state index in [4.69, 9.17) is 14.9 Å². The lowest BCUT2D eigenvalue weighted by Gasteiger charge is -2.10. The summed E-state index contributed by atoms with van der Waals surface area (Å²) >= 11 is 0. The molecule has 0 fully saturated rings. The molecule has 100 valence electrons. The molecule has 7 nitrogen and oxygen atoms in total. The van der Waals surface area contributed by atoms with Crippen molar-refractivity contribution in [2.45, 2.75) is 12.6 Å². The number of amides is 1. The topological polar surface area (TPSA) is 101 Å². The number of aliphatic carboxylic acids is 1. The van der Waals surface area contributed by atoms with Crippen molar-refractivity contribution in [3.05, 3.63) is 24.0 Å². The maximum atomic E-state index is 11.7. The predicted octanol–water partition coefficient (Wildman–Crippen LogP) is -0.690. The molecule has 0 aliphatic carbocycles. The van der Waals surface area contributed by atoms with E-state index in [2.05, 4.69) is 5.32 Å². The van der Waals surface area contributed by atoms with Crippen molar-refractivity contribution >= 4 is 11.9 Å². The number of methoxy groups -OCH3 is 1. The molecule has 1 atom stereocenters. The fourth-order valence-electron chi connectivity index (χ4n) is 1.37. The number of rotatable bonds is 7. The second kappa shape index (κ2) is 6.77. The van der Waals surface area contributed by atoms with E-state index < -0.39 is 18.0 Å². The number of carboxylic acid groups (broad SMARTS) is 1. The van der Waals surface area contributed by atoms with E-state index in [0.717, 1.165) is 0 Å². The molecule has 0 radical (unpaired) electrons. The molecular formula is C11H16N2O5. The second-order valence-corrected chi connectivity index (χ2v) is 3.64. The summed E-state index contributed by atoms with van der Waals surface area (Å²) in [6, 6.07) is 3.32. The van der Waals surface area contributed by atoms with Crippen LogP contribution in [0.5, 0.6) is 0 Å². The van der Waals surface area contributed by atoms with Crippen molar-refractivity contribution in [3.63, 3.8) is 0 Å². The predicted molar refractivity (Wildman–Crippen MR) is 62.3 cm³/mol. The first-order valence-electron chi connectivity index (χ1n) is 5.39. The number of aliphatic hydroxyl groups is 1. The molecule has 1 heterocycles. The van der Waals surface area contributed by atoms with Crippen LogP contribution in [-0.2, 0) is 16.1 Å². The van der Waals surface area contributed by atoms with Crippen LogP contribution in [0, 0.1) is 0 Å². The van der Waals surface area contributed by atoms with Gasteiger partial charge in [0.15, 0.2) is 6.10 Å². The van der Waals surface area contributed by atoms with E-state index in [0.29, 0.717) is 18.8 Å². The van der Waals surface area contributed by atoms with Crippen LogP contribution in [0.3, 0.4) is 0 Å². The first-order chi connectivity index (χ1) is 8.56. The maximum Gasteiger partial charge on any atom is 0.334 e. The second-order valence-electron chi connectivity index (χ2n) is 3.64. The summed E-state index contributed by atoms with van der Waals surface area (Å²) in [5.41, 5.74) is 0.393. The summed E-state index contributed by atoms with van der Waals surface area (Å²) < 4.78 is 6.60. The van der Waals surface area contributed by atoms with E-state index in [9.17, 15) is 9.59 Å². The number of carbonyl (C=O) groups excluding carboxylic acids is 1. The van der Waals surface area contributed by atoms with E-state index in [1.54, 1.807) is 30.0 Å². The Hall–Kier alpha value is -1.86. The van der Waals surface area contributed by atoms with Gasteiger partial charge in [0, 0.05) is 19.9 Å². The van der Waals surface area contributed by atoms with Crippen LogP contribution in [0.2, 0.25) is 0 Å². The van der Waals surface area contributed by atoms with Crippen LogP contribution in [-0.4, -0.2) is 53.0 Å². The van der Waals surface area contributed by atoms with E-state index in [-0.39, 0.29) is 6.54 Å². The van der Waals surface area contributed by atoms with Gasteiger partial charge in [-0.2, -0.15) is 0 Å². The number of hydrogen-bond donors (Lipinski definition) is 3. The molecule has 0 aliphatic heterocycles. The number of aromatic nitrogens is 1. The Morgan fingerprint density at radius 2 is 2.28 bits per heavy atom. The highest BCUT2D eigenvalue weighted by Crippen LogP contribution is 2.02. The summed E-state index contributed by atoms with van der Waals surface area (Å²) in [6.07, 6.45) is 0.123. The van der Waals surface area contributed by atoms with Gasteiger partial charge in [0.1, 0.15) is 5.69 Å². The van der Waals surface area contributed by atoms with E-state index in [1.807, 2.05) is 0 Å². The Morgan fingerprint density at radius 1 is 1.56 bits per heavy atom. The lowest BCUT2D eigenvalue weighted by atomic mass is 10.3. The van der Waals surface area contributed by atoms with Crippen LogP contribution >= 0.6 is 0 Å². The Morgan fingerprint density at radius 3 is 2.89 bits per heavy atom. The van der Waals surface area contributed by atoms with E-state index in [1.165, 1.54) is 0 Å². The van der Waals surface area contributed by atoms with Crippen molar-refractivity contribution < 1.29 is 24.5 Å². The average Bonchev–Trinajstić information content (AvgIpc) is 2.81. The first-order valence-corrected chi connectivity index (χ1v) is 5.39. The molecule has 1 amide bonds. The van der Waals surface area contributed by atoms with Gasteiger partial charge >= 0.3 is 5.97 Å². The summed E-state index contributed by atoms with van der Waals surface area (Å²) in [6.45, 7) is 0.657. The third-order valence-corrected chi connectivity index (χ3v) is 2.34. The van der Waals surface area contributed by atoms with Gasteiger partial charge in [-0.15, -0.1) is 0 Å². The largest absolute Gasteiger partial charge is 0.479 e. The Balaban J connectivity index is 2.56. The molecule has 1 rings (SSSR count). The quantitative estimate of drug-likeness (QED) is 0.599. The Kier molecular flexibility index (Phi) is 5.34. The van der Waals surface area contributed by atoms with Crippen LogP contribution in [0.1, 0.15) is 10.5 Å². The van der Waals surface area contributed by atoms with Gasteiger partial charge in [-0.25, -0.2) is 4.79 Å². The SMILES string of the molecule is COCCn1cccc1C(=O)NCC(O)C(=O)O. The molecule has 0 saturated heterocycles. The fourth-order valence-corrected chi connectivity index (χ4v) is 1.37. The third-order valence-electron chi connectivity index (χ3n) is 2.34. The summed E-state index contributed by atoms with van der Waals surface area (Å²) in [5, 5.41) is 19.9. The highest BCUT2D eigenvalue weighted by Gasteiger charge is 2.16. The number of ether oxygens (including phenoxy) is 1. The standard InChI is InChI=1S/C11H16N2O5/c1-18-6-5-13-4-2-3-8(13)10(15)12-7-9(14)11(16)17/h2-4,9,14H,5-7H2,1H3,(H,12,15)(H,16,17). The number of hydrogen-bond acceptors (Lipinski definition) is 4. The molecule has 7 heteroatoms.